The smallest absolute Gasteiger partial charge is 0.335 e. The van der Waals surface area contributed by atoms with Crippen LogP contribution in [0.15, 0.2) is 126 Å². The summed E-state index contributed by atoms with van der Waals surface area (Å²) in [6.07, 6.45) is 15.4. The van der Waals surface area contributed by atoms with Crippen molar-refractivity contribution in [2.75, 3.05) is 0 Å². The predicted octanol–water partition coefficient (Wildman–Crippen LogP) is 10.9. The van der Waals surface area contributed by atoms with Gasteiger partial charge in [-0.2, -0.15) is 0 Å². The summed E-state index contributed by atoms with van der Waals surface area (Å²) in [7, 11) is 0. The van der Waals surface area contributed by atoms with Crippen LogP contribution in [-0.2, 0) is 35.5 Å². The van der Waals surface area contributed by atoms with Crippen LogP contribution in [0.1, 0.15) is 93.4 Å². The van der Waals surface area contributed by atoms with Gasteiger partial charge < -0.3 is 14.9 Å². The minimum atomic E-state index is -0.955. The van der Waals surface area contributed by atoms with Crippen LogP contribution >= 0.6 is 0 Å². The van der Waals surface area contributed by atoms with E-state index in [0.29, 0.717) is 24.5 Å². The quantitative estimate of drug-likeness (QED) is 0.0667. The largest absolute Gasteiger partial charge is 0.489 e. The highest BCUT2D eigenvalue weighted by atomic mass is 16.5. The van der Waals surface area contributed by atoms with Gasteiger partial charge in [0.15, 0.2) is 0 Å². The van der Waals surface area contributed by atoms with E-state index in [0.717, 1.165) is 93.1 Å². The van der Waals surface area contributed by atoms with Gasteiger partial charge in [0, 0.05) is 6.42 Å². The summed E-state index contributed by atoms with van der Waals surface area (Å²) in [6, 6.07) is 27.6. The molecule has 4 rings (SSSR count). The molecule has 3 aromatic carbocycles. The molecule has 1 unspecified atom stereocenters. The van der Waals surface area contributed by atoms with Crippen molar-refractivity contribution in [3.8, 4) is 5.75 Å². The second-order valence-corrected chi connectivity index (χ2v) is 13.7. The molecule has 0 amide bonds. The third-order valence-corrected chi connectivity index (χ3v) is 9.96. The molecule has 0 aliphatic heterocycles. The first-order valence-electron chi connectivity index (χ1n) is 18.3. The lowest BCUT2D eigenvalue weighted by atomic mass is 9.71. The number of aliphatic carboxylic acids is 2. The van der Waals surface area contributed by atoms with Crippen molar-refractivity contribution in [1.29, 1.82) is 0 Å². The molecule has 50 heavy (non-hydrogen) atoms. The third-order valence-electron chi connectivity index (χ3n) is 9.96. The molecule has 1 aliphatic carbocycles. The number of carbonyl (C=O) groups is 2. The zero-order chi connectivity index (χ0) is 35.7. The number of carboxylic acid groups (broad SMARTS) is 2. The minimum absolute atomic E-state index is 0.217. The van der Waals surface area contributed by atoms with E-state index in [9.17, 15) is 14.7 Å². The molecule has 0 bridgehead atoms. The van der Waals surface area contributed by atoms with E-state index >= 15 is 0 Å². The van der Waals surface area contributed by atoms with Crippen LogP contribution in [0, 0.1) is 11.8 Å². The van der Waals surface area contributed by atoms with E-state index in [4.69, 9.17) is 9.84 Å². The predicted molar refractivity (Wildman–Crippen MR) is 203 cm³/mol. The number of hydrogen-bond donors (Lipinski definition) is 2. The van der Waals surface area contributed by atoms with Gasteiger partial charge in [-0.3, -0.25) is 4.79 Å². The second-order valence-electron chi connectivity index (χ2n) is 13.7. The Balaban J connectivity index is 1.45. The number of para-hydroxylation sites is 1. The maximum atomic E-state index is 12.0. The van der Waals surface area contributed by atoms with E-state index in [1.54, 1.807) is 6.92 Å². The van der Waals surface area contributed by atoms with Gasteiger partial charge >= 0.3 is 11.9 Å². The zero-order valence-electron chi connectivity index (χ0n) is 29.7. The highest BCUT2D eigenvalue weighted by Crippen LogP contribution is 2.41. The van der Waals surface area contributed by atoms with Crippen LogP contribution in [-0.4, -0.2) is 22.2 Å². The summed E-state index contributed by atoms with van der Waals surface area (Å²) in [5, 5.41) is 18.9. The van der Waals surface area contributed by atoms with Gasteiger partial charge in [0.2, 0.25) is 0 Å². The van der Waals surface area contributed by atoms with E-state index in [1.807, 2.05) is 18.2 Å². The molecule has 1 aliphatic rings. The van der Waals surface area contributed by atoms with Gasteiger partial charge in [-0.15, -0.1) is 0 Å². The van der Waals surface area contributed by atoms with Crippen LogP contribution in [0.5, 0.6) is 5.75 Å². The van der Waals surface area contributed by atoms with Crippen LogP contribution in [0.2, 0.25) is 0 Å². The van der Waals surface area contributed by atoms with Gasteiger partial charge in [0.05, 0.1) is 5.57 Å². The first-order chi connectivity index (χ1) is 24.2. The SMILES string of the molecule is C=CC1=C(/C=C(\C(=C)C)C(=O)O)CCCC1[C@@H](CCCCCCC(=O)O)CCc1ccccc1OCc1ccc(CCc2ccccc2)cc1. The van der Waals surface area contributed by atoms with Gasteiger partial charge in [-0.25, -0.2) is 4.79 Å². The van der Waals surface area contributed by atoms with Crippen LogP contribution in [0.3, 0.4) is 0 Å². The molecule has 5 nitrogen and oxygen atoms in total. The highest BCUT2D eigenvalue weighted by molar-refractivity contribution is 5.92. The topological polar surface area (TPSA) is 83.8 Å². The van der Waals surface area contributed by atoms with Gasteiger partial charge in [-0.1, -0.05) is 111 Å². The van der Waals surface area contributed by atoms with Crippen molar-refractivity contribution in [3.63, 3.8) is 0 Å². The number of hydrogen-bond acceptors (Lipinski definition) is 3. The molecular weight excluding hydrogens is 620 g/mol. The zero-order valence-corrected chi connectivity index (χ0v) is 29.7. The fourth-order valence-corrected chi connectivity index (χ4v) is 7.19. The standard InChI is InChI=1S/C45H54O5/c1-4-40-39(31-42(33(2)3)45(48)49)19-14-20-41(40)37(17-10-5-6-11-22-44(46)47)29-30-38-18-12-13-21-43(38)50-32-36-27-25-35(26-28-36)24-23-34-15-8-7-9-16-34/h4,7-9,12-13,15-16,18,21,25-28,31,37,41H,1-2,5-6,10-11,14,17,19-20,22-24,29-30,32H2,3H3,(H,46,47)(H,48,49)/b42-31+/t37-,41?/m0/s1. The first-order valence-corrected chi connectivity index (χ1v) is 18.3. The van der Waals surface area contributed by atoms with E-state index in [1.165, 1.54) is 16.7 Å². The molecule has 0 spiro atoms. The van der Waals surface area contributed by atoms with Gasteiger partial charge in [0.25, 0.3) is 0 Å². The van der Waals surface area contributed by atoms with Gasteiger partial charge in [-0.05, 0) is 128 Å². The number of benzene rings is 3. The van der Waals surface area contributed by atoms with Gasteiger partial charge in [0.1, 0.15) is 12.4 Å². The number of ether oxygens (including phenoxy) is 1. The summed E-state index contributed by atoms with van der Waals surface area (Å²) in [5.41, 5.74) is 8.01. The average Bonchev–Trinajstić information content (AvgIpc) is 3.12. The molecular formula is C45H54O5. The highest BCUT2D eigenvalue weighted by Gasteiger charge is 2.28. The molecule has 0 fully saturated rings. The Morgan fingerprint density at radius 2 is 1.50 bits per heavy atom. The molecule has 3 aromatic rings. The van der Waals surface area contributed by atoms with E-state index < -0.39 is 11.9 Å². The molecule has 0 saturated heterocycles. The Bertz CT molecular complexity index is 1610. The summed E-state index contributed by atoms with van der Waals surface area (Å²) in [5.74, 6) is -0.129. The molecule has 264 valence electrons. The number of carboxylic acids is 2. The van der Waals surface area contributed by atoms with Crippen molar-refractivity contribution in [3.05, 3.63) is 149 Å². The van der Waals surface area contributed by atoms with Crippen molar-refractivity contribution in [2.24, 2.45) is 11.8 Å². The Morgan fingerprint density at radius 3 is 2.18 bits per heavy atom. The lowest BCUT2D eigenvalue weighted by Crippen LogP contribution is -2.22. The number of allylic oxidation sites excluding steroid dienone is 4. The molecule has 2 atom stereocenters. The maximum Gasteiger partial charge on any atom is 0.335 e. The summed E-state index contributed by atoms with van der Waals surface area (Å²) in [6.45, 7) is 10.3. The Morgan fingerprint density at radius 1 is 0.840 bits per heavy atom. The Hall–Kier alpha value is -4.64. The molecule has 0 saturated carbocycles. The van der Waals surface area contributed by atoms with Crippen molar-refractivity contribution >= 4 is 11.9 Å². The average molecular weight is 675 g/mol. The van der Waals surface area contributed by atoms with Crippen molar-refractivity contribution in [1.82, 2.24) is 0 Å². The molecule has 2 N–H and O–H groups in total. The van der Waals surface area contributed by atoms with E-state index in [-0.39, 0.29) is 17.9 Å². The van der Waals surface area contributed by atoms with Crippen LogP contribution in [0.25, 0.3) is 0 Å². The minimum Gasteiger partial charge on any atom is -0.489 e. The summed E-state index contributed by atoms with van der Waals surface area (Å²) in [4.78, 5) is 23.0. The lowest BCUT2D eigenvalue weighted by Gasteiger charge is -2.33. The number of aryl methyl sites for hydroxylation is 3. The second kappa shape index (κ2) is 20.1. The van der Waals surface area contributed by atoms with Crippen LogP contribution < -0.4 is 4.74 Å². The number of rotatable bonds is 21. The monoisotopic (exact) mass is 674 g/mol. The number of unbranched alkanes of at least 4 members (excludes halogenated alkanes) is 3. The Labute approximate surface area is 299 Å². The van der Waals surface area contributed by atoms with Crippen LogP contribution in [0.4, 0.5) is 0 Å². The lowest BCUT2D eigenvalue weighted by molar-refractivity contribution is -0.137. The third kappa shape index (κ3) is 12.0. The molecule has 5 heteroatoms. The first kappa shape index (κ1) is 38.2. The molecule has 0 radical (unpaired) electrons. The summed E-state index contributed by atoms with van der Waals surface area (Å²) < 4.78 is 6.42. The van der Waals surface area contributed by atoms with Crippen molar-refractivity contribution < 1.29 is 24.5 Å². The molecule has 0 heterocycles. The van der Waals surface area contributed by atoms with E-state index in [2.05, 4.69) is 86.0 Å². The normalized spacial score (nSPS) is 15.4. The molecule has 0 aromatic heterocycles. The van der Waals surface area contributed by atoms with Crippen molar-refractivity contribution in [2.45, 2.75) is 97.0 Å². The summed E-state index contributed by atoms with van der Waals surface area (Å²) >= 11 is 0. The maximum absolute atomic E-state index is 12.0. The fourth-order valence-electron chi connectivity index (χ4n) is 7.19. The Kier molecular flexibility index (Phi) is 15.4. The fraction of sp³-hybridized carbons (Fsp3) is 0.378.